The Morgan fingerprint density at radius 3 is 2.72 bits per heavy atom. The zero-order valence-corrected chi connectivity index (χ0v) is 10.8. The van der Waals surface area contributed by atoms with Gasteiger partial charge in [0.15, 0.2) is 4.77 Å². The van der Waals surface area contributed by atoms with Crippen LogP contribution in [0.4, 0.5) is 13.2 Å². The van der Waals surface area contributed by atoms with E-state index in [2.05, 4.69) is 4.98 Å². The Morgan fingerprint density at radius 1 is 1.33 bits per heavy atom. The molecule has 0 radical (unpaired) electrons. The average Bonchev–Trinajstić information content (AvgIpc) is 2.54. The molecule has 0 saturated heterocycles. The highest BCUT2D eigenvalue weighted by Crippen LogP contribution is 2.24. The van der Waals surface area contributed by atoms with Crippen molar-refractivity contribution in [1.82, 2.24) is 9.55 Å². The lowest BCUT2D eigenvalue weighted by atomic mass is 10.3. The van der Waals surface area contributed by atoms with Crippen molar-refractivity contribution in [3.05, 3.63) is 28.0 Å². The van der Waals surface area contributed by atoms with Gasteiger partial charge in [-0.2, -0.15) is 13.2 Å². The Bertz CT molecular complexity index is 615. The summed E-state index contributed by atoms with van der Waals surface area (Å²) in [5.74, 6) is 0. The largest absolute Gasteiger partial charge is 0.389 e. The van der Waals surface area contributed by atoms with Crippen LogP contribution in [0.5, 0.6) is 0 Å². The van der Waals surface area contributed by atoms with Gasteiger partial charge < -0.3 is 9.55 Å². The van der Waals surface area contributed by atoms with Crippen LogP contribution in [0.2, 0.25) is 5.02 Å². The van der Waals surface area contributed by atoms with E-state index in [0.29, 0.717) is 9.79 Å². The summed E-state index contributed by atoms with van der Waals surface area (Å²) in [5.41, 5.74) is 1.51. The normalized spacial score (nSPS) is 12.2. The number of imidazole rings is 1. The Morgan fingerprint density at radius 2 is 2.06 bits per heavy atom. The molecule has 0 unspecified atom stereocenters. The molecule has 0 atom stereocenters. The first-order chi connectivity index (χ1) is 8.37. The van der Waals surface area contributed by atoms with E-state index in [4.69, 9.17) is 23.8 Å². The summed E-state index contributed by atoms with van der Waals surface area (Å²) in [6, 6.07) is 5.15. The topological polar surface area (TPSA) is 20.7 Å². The second-order valence-electron chi connectivity index (χ2n) is 3.96. The SMILES string of the molecule is FC(F)(F)CCCn1c(=S)[nH]c2ccc(Cl)cc21. The molecule has 0 aliphatic rings. The molecule has 2 rings (SSSR count). The Kier molecular flexibility index (Phi) is 3.68. The first-order valence-electron chi connectivity index (χ1n) is 5.32. The smallest absolute Gasteiger partial charge is 0.331 e. The molecule has 1 heterocycles. The molecule has 0 spiro atoms. The molecule has 7 heteroatoms. The van der Waals surface area contributed by atoms with Crippen LogP contribution < -0.4 is 0 Å². The van der Waals surface area contributed by atoms with E-state index in [1.807, 2.05) is 0 Å². The zero-order valence-electron chi connectivity index (χ0n) is 9.22. The molecule has 1 aromatic heterocycles. The molecule has 98 valence electrons. The van der Waals surface area contributed by atoms with Crippen molar-refractivity contribution in [3.63, 3.8) is 0 Å². The standard InChI is InChI=1S/C11H10ClF3N2S/c12-7-2-3-8-9(6-7)17(10(18)16-8)5-1-4-11(13,14)15/h2-3,6H,1,4-5H2,(H,16,18). The van der Waals surface area contributed by atoms with Gasteiger partial charge in [0.05, 0.1) is 11.0 Å². The van der Waals surface area contributed by atoms with E-state index < -0.39 is 12.6 Å². The molecule has 0 amide bonds. The molecule has 18 heavy (non-hydrogen) atoms. The van der Waals surface area contributed by atoms with Crippen molar-refractivity contribution in [2.75, 3.05) is 0 Å². The van der Waals surface area contributed by atoms with Crippen LogP contribution in [-0.2, 0) is 6.54 Å². The van der Waals surface area contributed by atoms with Gasteiger partial charge in [-0.05, 0) is 36.8 Å². The lowest BCUT2D eigenvalue weighted by Crippen LogP contribution is -2.09. The highest BCUT2D eigenvalue weighted by Gasteiger charge is 2.26. The van der Waals surface area contributed by atoms with E-state index in [1.54, 1.807) is 22.8 Å². The predicted molar refractivity (Wildman–Crippen MR) is 67.4 cm³/mol. The summed E-state index contributed by atoms with van der Waals surface area (Å²) >= 11 is 11.0. The van der Waals surface area contributed by atoms with Crippen molar-refractivity contribution >= 4 is 34.9 Å². The Labute approximate surface area is 111 Å². The van der Waals surface area contributed by atoms with E-state index in [0.717, 1.165) is 11.0 Å². The minimum Gasteiger partial charge on any atom is -0.331 e. The number of aryl methyl sites for hydroxylation is 1. The highest BCUT2D eigenvalue weighted by molar-refractivity contribution is 7.71. The minimum absolute atomic E-state index is 0.00271. The maximum atomic E-state index is 12.1. The third kappa shape index (κ3) is 3.05. The molecule has 0 bridgehead atoms. The first-order valence-corrected chi connectivity index (χ1v) is 6.10. The molecule has 2 nitrogen and oxygen atoms in total. The number of nitrogens with zero attached hydrogens (tertiary/aromatic N) is 1. The van der Waals surface area contributed by atoms with Gasteiger partial charge in [0.1, 0.15) is 0 Å². The summed E-state index contributed by atoms with van der Waals surface area (Å²) in [6.45, 7) is 0.221. The molecule has 0 fully saturated rings. The van der Waals surface area contributed by atoms with Gasteiger partial charge in [-0.1, -0.05) is 11.6 Å². The summed E-state index contributed by atoms with van der Waals surface area (Å²) in [4.78, 5) is 2.94. The van der Waals surface area contributed by atoms with E-state index in [9.17, 15) is 13.2 Å². The number of hydrogen-bond acceptors (Lipinski definition) is 1. The molecule has 2 aromatic rings. The molecule has 0 saturated carbocycles. The van der Waals surface area contributed by atoms with E-state index in [-0.39, 0.29) is 13.0 Å². The molecular weight excluding hydrogens is 285 g/mol. The number of benzene rings is 1. The predicted octanol–water partition coefficient (Wildman–Crippen LogP) is 4.69. The van der Waals surface area contributed by atoms with Gasteiger partial charge in [0, 0.05) is 18.0 Å². The highest BCUT2D eigenvalue weighted by atomic mass is 35.5. The quantitative estimate of drug-likeness (QED) is 0.814. The number of halogens is 4. The molecule has 0 aliphatic heterocycles. The maximum absolute atomic E-state index is 12.1. The first kappa shape index (κ1) is 13.4. The average molecular weight is 295 g/mol. The second kappa shape index (κ2) is 4.93. The van der Waals surface area contributed by atoms with E-state index >= 15 is 0 Å². The van der Waals surface area contributed by atoms with Crippen LogP contribution in [0.3, 0.4) is 0 Å². The Hall–Kier alpha value is -1.01. The van der Waals surface area contributed by atoms with Gasteiger partial charge in [-0.15, -0.1) is 0 Å². The number of hydrogen-bond donors (Lipinski definition) is 1. The number of alkyl halides is 3. The van der Waals surface area contributed by atoms with Crippen LogP contribution in [0, 0.1) is 4.77 Å². The fraction of sp³-hybridized carbons (Fsp3) is 0.364. The summed E-state index contributed by atoms with van der Waals surface area (Å²) in [7, 11) is 0. The van der Waals surface area contributed by atoms with Crippen LogP contribution in [-0.4, -0.2) is 15.7 Å². The fourth-order valence-corrected chi connectivity index (χ4v) is 2.25. The molecule has 1 N–H and O–H groups in total. The van der Waals surface area contributed by atoms with Gasteiger partial charge in [-0.25, -0.2) is 0 Å². The van der Waals surface area contributed by atoms with Crippen LogP contribution >= 0.6 is 23.8 Å². The summed E-state index contributed by atoms with van der Waals surface area (Å²) in [5, 5.41) is 0.529. The van der Waals surface area contributed by atoms with Crippen molar-refractivity contribution in [2.24, 2.45) is 0 Å². The number of fused-ring (bicyclic) bond motifs is 1. The zero-order chi connectivity index (χ0) is 13.3. The van der Waals surface area contributed by atoms with E-state index in [1.165, 1.54) is 0 Å². The number of rotatable bonds is 3. The monoisotopic (exact) mass is 294 g/mol. The lowest BCUT2D eigenvalue weighted by Gasteiger charge is -2.07. The third-order valence-corrected chi connectivity index (χ3v) is 3.14. The Balaban J connectivity index is 2.25. The summed E-state index contributed by atoms with van der Waals surface area (Å²) < 4.78 is 38.3. The molecular formula is C11H10ClF3N2S. The van der Waals surface area contributed by atoms with Crippen molar-refractivity contribution in [2.45, 2.75) is 25.6 Å². The second-order valence-corrected chi connectivity index (χ2v) is 4.79. The van der Waals surface area contributed by atoms with Crippen LogP contribution in [0.1, 0.15) is 12.8 Å². The van der Waals surface area contributed by atoms with Crippen LogP contribution in [0.25, 0.3) is 11.0 Å². The fourth-order valence-electron chi connectivity index (χ4n) is 1.79. The van der Waals surface area contributed by atoms with Gasteiger partial charge in [0.25, 0.3) is 0 Å². The van der Waals surface area contributed by atoms with Crippen molar-refractivity contribution < 1.29 is 13.2 Å². The summed E-state index contributed by atoms with van der Waals surface area (Å²) in [6.07, 6.45) is -4.95. The minimum atomic E-state index is -4.13. The van der Waals surface area contributed by atoms with Crippen molar-refractivity contribution in [1.29, 1.82) is 0 Å². The number of aromatic nitrogens is 2. The van der Waals surface area contributed by atoms with Gasteiger partial charge in [-0.3, -0.25) is 0 Å². The number of aromatic amines is 1. The van der Waals surface area contributed by atoms with Crippen molar-refractivity contribution in [3.8, 4) is 0 Å². The van der Waals surface area contributed by atoms with Gasteiger partial charge >= 0.3 is 6.18 Å². The van der Waals surface area contributed by atoms with Gasteiger partial charge in [0.2, 0.25) is 0 Å². The number of H-pyrrole nitrogens is 1. The van der Waals surface area contributed by atoms with Crippen LogP contribution in [0.15, 0.2) is 18.2 Å². The lowest BCUT2D eigenvalue weighted by molar-refractivity contribution is -0.135. The third-order valence-electron chi connectivity index (χ3n) is 2.58. The molecule has 1 aromatic carbocycles. The number of nitrogens with one attached hydrogen (secondary N) is 1. The molecule has 0 aliphatic carbocycles. The maximum Gasteiger partial charge on any atom is 0.389 e.